The maximum atomic E-state index is 12.9. The van der Waals surface area contributed by atoms with Gasteiger partial charge >= 0.3 is 0 Å². The van der Waals surface area contributed by atoms with Gasteiger partial charge in [-0.05, 0) is 30.2 Å². The molecule has 0 bridgehead atoms. The van der Waals surface area contributed by atoms with Gasteiger partial charge in [0.05, 0.1) is 5.56 Å². The number of hydrogen-bond acceptors (Lipinski definition) is 3. The molecule has 1 amide bonds. The lowest BCUT2D eigenvalue weighted by molar-refractivity contribution is 0.0978. The topological polar surface area (TPSA) is 38.8 Å². The molecule has 0 aliphatic carbocycles. The van der Waals surface area contributed by atoms with Crippen LogP contribution in [0.15, 0.2) is 42.5 Å². The van der Waals surface area contributed by atoms with Gasteiger partial charge in [-0.3, -0.25) is 4.79 Å². The standard InChI is InChI=1S/C17H15NO3/c19-17(18-9-8-12-4-1-2-6-14(12)18)13-5-3-7-15-16(13)21-11-10-20-15/h1-7H,8-11H2. The Morgan fingerprint density at radius 2 is 1.86 bits per heavy atom. The third kappa shape index (κ3) is 1.95. The summed E-state index contributed by atoms with van der Waals surface area (Å²) in [6.07, 6.45) is 0.897. The fourth-order valence-corrected chi connectivity index (χ4v) is 2.94. The van der Waals surface area contributed by atoms with Crippen LogP contribution in [0.4, 0.5) is 5.69 Å². The smallest absolute Gasteiger partial charge is 0.262 e. The van der Waals surface area contributed by atoms with Gasteiger partial charge in [0, 0.05) is 12.2 Å². The number of hydrogen-bond donors (Lipinski definition) is 0. The van der Waals surface area contributed by atoms with Crippen molar-refractivity contribution < 1.29 is 14.3 Å². The van der Waals surface area contributed by atoms with E-state index in [9.17, 15) is 4.79 Å². The molecule has 0 N–H and O–H groups in total. The summed E-state index contributed by atoms with van der Waals surface area (Å²) in [6.45, 7) is 1.72. The molecule has 106 valence electrons. The van der Waals surface area contributed by atoms with E-state index in [1.54, 1.807) is 6.07 Å². The van der Waals surface area contributed by atoms with Gasteiger partial charge in [-0.15, -0.1) is 0 Å². The van der Waals surface area contributed by atoms with E-state index < -0.39 is 0 Å². The van der Waals surface area contributed by atoms with Crippen molar-refractivity contribution in [2.45, 2.75) is 6.42 Å². The normalized spacial score (nSPS) is 15.7. The van der Waals surface area contributed by atoms with Crippen LogP contribution in [0, 0.1) is 0 Å². The number of benzene rings is 2. The molecule has 4 nitrogen and oxygen atoms in total. The van der Waals surface area contributed by atoms with Crippen LogP contribution >= 0.6 is 0 Å². The first-order chi connectivity index (χ1) is 10.3. The van der Waals surface area contributed by atoms with Gasteiger partial charge in [0.1, 0.15) is 13.2 Å². The van der Waals surface area contributed by atoms with Crippen LogP contribution in [-0.2, 0) is 6.42 Å². The monoisotopic (exact) mass is 281 g/mol. The van der Waals surface area contributed by atoms with Crippen LogP contribution in [0.2, 0.25) is 0 Å². The Balaban J connectivity index is 1.74. The Kier molecular flexibility index (Phi) is 2.81. The van der Waals surface area contributed by atoms with E-state index in [4.69, 9.17) is 9.47 Å². The van der Waals surface area contributed by atoms with Crippen LogP contribution in [0.1, 0.15) is 15.9 Å². The zero-order valence-electron chi connectivity index (χ0n) is 11.5. The van der Waals surface area contributed by atoms with Crippen LogP contribution in [0.25, 0.3) is 0 Å². The van der Waals surface area contributed by atoms with Gasteiger partial charge in [-0.2, -0.15) is 0 Å². The van der Waals surface area contributed by atoms with Gasteiger partial charge in [0.2, 0.25) is 0 Å². The quantitative estimate of drug-likeness (QED) is 0.806. The number of anilines is 1. The highest BCUT2D eigenvalue weighted by Crippen LogP contribution is 2.36. The van der Waals surface area contributed by atoms with Crippen LogP contribution in [-0.4, -0.2) is 25.7 Å². The summed E-state index contributed by atoms with van der Waals surface area (Å²) in [5, 5.41) is 0. The molecule has 2 aliphatic heterocycles. The lowest BCUT2D eigenvalue weighted by atomic mass is 10.1. The molecule has 21 heavy (non-hydrogen) atoms. The zero-order valence-corrected chi connectivity index (χ0v) is 11.5. The Hall–Kier alpha value is -2.49. The highest BCUT2D eigenvalue weighted by Gasteiger charge is 2.29. The van der Waals surface area contributed by atoms with E-state index in [0.717, 1.165) is 12.1 Å². The third-order valence-electron chi connectivity index (χ3n) is 3.93. The minimum absolute atomic E-state index is 0.0256. The predicted octanol–water partition coefficient (Wildman–Crippen LogP) is 2.66. The van der Waals surface area contributed by atoms with Crippen LogP contribution < -0.4 is 14.4 Å². The van der Waals surface area contributed by atoms with Crippen molar-refractivity contribution in [2.24, 2.45) is 0 Å². The zero-order chi connectivity index (χ0) is 14.2. The molecule has 2 aromatic rings. The third-order valence-corrected chi connectivity index (χ3v) is 3.93. The molecule has 0 fully saturated rings. The van der Waals surface area contributed by atoms with Gasteiger partial charge < -0.3 is 14.4 Å². The van der Waals surface area contributed by atoms with E-state index >= 15 is 0 Å². The Morgan fingerprint density at radius 1 is 1.00 bits per heavy atom. The summed E-state index contributed by atoms with van der Waals surface area (Å²) in [5.41, 5.74) is 2.79. The Morgan fingerprint density at radius 3 is 2.81 bits per heavy atom. The molecule has 2 heterocycles. The second kappa shape index (κ2) is 4.81. The van der Waals surface area contributed by atoms with Gasteiger partial charge in [-0.25, -0.2) is 0 Å². The second-order valence-electron chi connectivity index (χ2n) is 5.17. The SMILES string of the molecule is O=C(c1cccc2c1OCCO2)N1CCc2ccccc21. The van der Waals surface area contributed by atoms with Crippen molar-refractivity contribution in [1.82, 2.24) is 0 Å². The van der Waals surface area contributed by atoms with Crippen LogP contribution in [0.3, 0.4) is 0 Å². The highest BCUT2D eigenvalue weighted by molar-refractivity contribution is 6.09. The maximum absolute atomic E-state index is 12.9. The summed E-state index contributed by atoms with van der Waals surface area (Å²) in [7, 11) is 0. The highest BCUT2D eigenvalue weighted by atomic mass is 16.6. The number of para-hydroxylation sites is 2. The van der Waals surface area contributed by atoms with Crippen molar-refractivity contribution in [3.05, 3.63) is 53.6 Å². The van der Waals surface area contributed by atoms with Gasteiger partial charge in [0.25, 0.3) is 5.91 Å². The van der Waals surface area contributed by atoms with E-state index in [1.165, 1.54) is 5.56 Å². The molecule has 0 saturated heterocycles. The van der Waals surface area contributed by atoms with Crippen LogP contribution in [0.5, 0.6) is 11.5 Å². The lowest BCUT2D eigenvalue weighted by Crippen LogP contribution is -2.30. The molecule has 4 heteroatoms. The average Bonchev–Trinajstić information content (AvgIpc) is 2.98. The van der Waals surface area contributed by atoms with Gasteiger partial charge in [-0.1, -0.05) is 24.3 Å². The molecular formula is C17H15NO3. The molecule has 0 radical (unpaired) electrons. The predicted molar refractivity (Wildman–Crippen MR) is 79.3 cm³/mol. The number of carbonyl (C=O) groups is 1. The average molecular weight is 281 g/mol. The van der Waals surface area contributed by atoms with Crippen molar-refractivity contribution in [1.29, 1.82) is 0 Å². The molecule has 2 aliphatic rings. The molecule has 0 saturated carbocycles. The number of carbonyl (C=O) groups excluding carboxylic acids is 1. The fraction of sp³-hybridized carbons (Fsp3) is 0.235. The van der Waals surface area contributed by atoms with E-state index in [0.29, 0.717) is 36.8 Å². The molecule has 4 rings (SSSR count). The Labute approximate surface area is 122 Å². The summed E-state index contributed by atoms with van der Waals surface area (Å²) in [5.74, 6) is 1.19. The molecule has 2 aromatic carbocycles. The van der Waals surface area contributed by atoms with Gasteiger partial charge in [0.15, 0.2) is 11.5 Å². The van der Waals surface area contributed by atoms with Crippen molar-refractivity contribution in [3.63, 3.8) is 0 Å². The minimum atomic E-state index is -0.0256. The van der Waals surface area contributed by atoms with E-state index in [-0.39, 0.29) is 5.91 Å². The van der Waals surface area contributed by atoms with Crippen molar-refractivity contribution in [2.75, 3.05) is 24.7 Å². The minimum Gasteiger partial charge on any atom is -0.486 e. The first kappa shape index (κ1) is 12.3. The number of fused-ring (bicyclic) bond motifs is 2. The summed E-state index contributed by atoms with van der Waals surface area (Å²) >= 11 is 0. The van der Waals surface area contributed by atoms with Crippen molar-refractivity contribution >= 4 is 11.6 Å². The molecule has 0 spiro atoms. The Bertz CT molecular complexity index is 711. The summed E-state index contributed by atoms with van der Waals surface area (Å²) < 4.78 is 11.2. The lowest BCUT2D eigenvalue weighted by Gasteiger charge is -2.23. The molecular weight excluding hydrogens is 266 g/mol. The number of amides is 1. The summed E-state index contributed by atoms with van der Waals surface area (Å²) in [4.78, 5) is 14.7. The molecule has 0 unspecified atom stereocenters. The second-order valence-corrected chi connectivity index (χ2v) is 5.17. The largest absolute Gasteiger partial charge is 0.486 e. The first-order valence-electron chi connectivity index (χ1n) is 7.13. The molecule has 0 aromatic heterocycles. The van der Waals surface area contributed by atoms with E-state index in [1.807, 2.05) is 35.2 Å². The number of ether oxygens (including phenoxy) is 2. The number of rotatable bonds is 1. The number of nitrogens with zero attached hydrogens (tertiary/aromatic N) is 1. The summed E-state index contributed by atoms with van der Waals surface area (Å²) in [6, 6.07) is 13.5. The molecule has 0 atom stereocenters. The fourth-order valence-electron chi connectivity index (χ4n) is 2.94. The van der Waals surface area contributed by atoms with E-state index in [2.05, 4.69) is 6.07 Å². The maximum Gasteiger partial charge on any atom is 0.262 e. The first-order valence-corrected chi connectivity index (χ1v) is 7.13. The van der Waals surface area contributed by atoms with Crippen molar-refractivity contribution in [3.8, 4) is 11.5 Å².